The molecular weight excluding hydrogens is 783 g/mol. The summed E-state index contributed by atoms with van der Waals surface area (Å²) in [5, 5.41) is 67.9. The number of phenols is 2. The van der Waals surface area contributed by atoms with Crippen LogP contribution in [0.5, 0.6) is 23.0 Å². The number of nitrogens with one attached hydrogen (secondary N) is 1. The second-order valence-corrected chi connectivity index (χ2v) is 13.9. The minimum absolute atomic E-state index is 0.0738. The fourth-order valence-electron chi connectivity index (χ4n) is 5.15. The topological polar surface area (TPSA) is 252 Å². The summed E-state index contributed by atoms with van der Waals surface area (Å²) in [5.41, 5.74) is 0.852. The van der Waals surface area contributed by atoms with Crippen molar-refractivity contribution >= 4 is 84.2 Å². The smallest absolute Gasteiger partial charge is 0.295 e. The Labute approximate surface area is 319 Å². The highest BCUT2D eigenvalue weighted by Crippen LogP contribution is 2.46. The Balaban J connectivity index is 1.26. The molecule has 6 aromatic carbocycles. The van der Waals surface area contributed by atoms with Gasteiger partial charge in [-0.2, -0.15) is 13.5 Å². The molecule has 0 heterocycles. The van der Waals surface area contributed by atoms with E-state index in [1.807, 2.05) is 30.3 Å². The number of hydrogen-bond acceptors (Lipinski definition) is 19. The normalized spacial score (nSPS) is 11.9. The average molecular weight is 810 g/mol. The first-order valence-electron chi connectivity index (χ1n) is 15.4. The molecule has 55 heavy (non-hydrogen) atoms. The Morgan fingerprint density at radius 2 is 1.47 bits per heavy atom. The summed E-state index contributed by atoms with van der Waals surface area (Å²) in [6.07, 6.45) is 0. The van der Waals surface area contributed by atoms with Gasteiger partial charge in [0.25, 0.3) is 10.1 Å². The summed E-state index contributed by atoms with van der Waals surface area (Å²) in [6.45, 7) is 0.174. The lowest BCUT2D eigenvalue weighted by Crippen LogP contribution is -2.08. The van der Waals surface area contributed by atoms with E-state index in [0.717, 1.165) is 6.07 Å². The number of fused-ring (bicyclic) bond motifs is 2. The Hall–Kier alpha value is -5.59. The molecule has 0 saturated carbocycles. The third-order valence-electron chi connectivity index (χ3n) is 7.58. The van der Waals surface area contributed by atoms with Crippen molar-refractivity contribution in [1.82, 2.24) is 0 Å². The van der Waals surface area contributed by atoms with Crippen LogP contribution in [0.15, 0.2) is 132 Å². The predicted octanol–water partition coefficient (Wildman–Crippen LogP) is 9.80. The zero-order valence-electron chi connectivity index (χ0n) is 28.0. The Morgan fingerprint density at radius 3 is 2.22 bits per heavy atom. The largest absolute Gasteiger partial charge is 0.506 e. The van der Waals surface area contributed by atoms with E-state index in [1.54, 1.807) is 24.3 Å². The quantitative estimate of drug-likeness (QED) is 0.0133. The van der Waals surface area contributed by atoms with Crippen molar-refractivity contribution < 1.29 is 61.9 Å². The van der Waals surface area contributed by atoms with Crippen LogP contribution in [0.1, 0.15) is 0 Å². The highest BCUT2D eigenvalue weighted by molar-refractivity contribution is 7.95. The first-order valence-corrected chi connectivity index (χ1v) is 18.3. The van der Waals surface area contributed by atoms with Gasteiger partial charge < -0.3 is 25.0 Å². The lowest BCUT2D eigenvalue weighted by Gasteiger charge is -2.12. The third kappa shape index (κ3) is 9.56. The fraction of sp³-hybridized carbons (Fsp3) is 0.0588. The third-order valence-corrected chi connectivity index (χ3v) is 9.65. The van der Waals surface area contributed by atoms with Gasteiger partial charge >= 0.3 is 0 Å². The maximum atomic E-state index is 12.0. The Bertz CT molecular complexity index is 2510. The van der Waals surface area contributed by atoms with Crippen molar-refractivity contribution in [2.45, 2.75) is 14.7 Å². The van der Waals surface area contributed by atoms with Crippen LogP contribution in [0.3, 0.4) is 0 Å². The van der Waals surface area contributed by atoms with Crippen LogP contribution in [0.4, 0.5) is 28.4 Å². The number of nitrogens with zero attached hydrogens (tertiary/aromatic N) is 4. The molecule has 6 rings (SSSR count). The van der Waals surface area contributed by atoms with Crippen molar-refractivity contribution in [2.24, 2.45) is 20.5 Å². The van der Waals surface area contributed by atoms with Gasteiger partial charge in [0.1, 0.15) is 39.2 Å². The lowest BCUT2D eigenvalue weighted by atomic mass is 10.1. The zero-order valence-corrected chi connectivity index (χ0v) is 30.4. The molecule has 284 valence electrons. The van der Waals surface area contributed by atoms with Gasteiger partial charge in [-0.1, -0.05) is 34.3 Å². The number of phenolic OH excluding ortho intramolecular Hbond substituents is 2. The number of methoxy groups -OCH3 is 1. The molecule has 0 aliphatic rings. The van der Waals surface area contributed by atoms with E-state index in [-0.39, 0.29) is 61.9 Å². The predicted molar refractivity (Wildman–Crippen MR) is 199 cm³/mol. The number of aromatic hydroxyl groups is 2. The molecule has 6 N–H and O–H groups in total. The van der Waals surface area contributed by atoms with E-state index in [0.29, 0.717) is 51.7 Å². The van der Waals surface area contributed by atoms with E-state index in [9.17, 15) is 23.2 Å². The molecule has 0 aliphatic heterocycles. The van der Waals surface area contributed by atoms with Gasteiger partial charge in [-0.15, -0.1) is 24.0 Å². The van der Waals surface area contributed by atoms with E-state index < -0.39 is 15.0 Å². The van der Waals surface area contributed by atoms with Crippen molar-refractivity contribution in [3.05, 3.63) is 97.1 Å². The molecule has 0 radical (unpaired) electrons. The number of ether oxygens (including phenoxy) is 2. The van der Waals surface area contributed by atoms with Crippen molar-refractivity contribution in [3.63, 3.8) is 0 Å². The highest BCUT2D eigenvalue weighted by Gasteiger charge is 2.19. The molecule has 0 atom stereocenters. The van der Waals surface area contributed by atoms with Gasteiger partial charge in [0.2, 0.25) is 0 Å². The van der Waals surface area contributed by atoms with Crippen molar-refractivity contribution in [3.8, 4) is 23.0 Å². The summed E-state index contributed by atoms with van der Waals surface area (Å²) in [6, 6.07) is 25.5. The molecule has 0 amide bonds. The van der Waals surface area contributed by atoms with Crippen LogP contribution >= 0.6 is 24.1 Å². The van der Waals surface area contributed by atoms with Crippen molar-refractivity contribution in [2.75, 3.05) is 19.2 Å². The molecule has 18 nitrogen and oxygen atoms in total. The van der Waals surface area contributed by atoms with Gasteiger partial charge in [0.05, 0.1) is 41.8 Å². The lowest BCUT2D eigenvalue weighted by molar-refractivity contribution is -0.432. The number of anilines is 1. The minimum atomic E-state index is -4.65. The maximum absolute atomic E-state index is 12.0. The Kier molecular flexibility index (Phi) is 12.6. The summed E-state index contributed by atoms with van der Waals surface area (Å²) < 4.78 is 53.9. The van der Waals surface area contributed by atoms with Gasteiger partial charge in [-0.25, -0.2) is 10.5 Å². The molecule has 0 bridgehead atoms. The summed E-state index contributed by atoms with van der Waals surface area (Å²) in [4.78, 5) is -0.0573. The summed E-state index contributed by atoms with van der Waals surface area (Å²) in [7, 11) is -3.30. The molecule has 0 aliphatic carbocycles. The second-order valence-electron chi connectivity index (χ2n) is 11.0. The molecule has 21 heteroatoms. The first-order chi connectivity index (χ1) is 26.6. The van der Waals surface area contributed by atoms with Crippen LogP contribution in [-0.4, -0.2) is 47.5 Å². The number of para-hydroxylation sites is 1. The standard InChI is InChI=1S/C34H27N5O13S3/c1-47-30-17-27(29(40)16-28(30)38-36-22-8-9-25-19(12-22)13-24(53-51-49-42)15-32(25)55(44,45)46)37-39-33-31(54-52-50-43)14-20-11-21(7-10-26(20)34(33)41)35-18-48-23-5-3-2-4-6-23/h2-17,35,40-43H,18H2,1H3,(H,44,45,46). The highest BCUT2D eigenvalue weighted by atomic mass is 32.2. The zero-order chi connectivity index (χ0) is 39.0. The van der Waals surface area contributed by atoms with Crippen LogP contribution in [0.2, 0.25) is 0 Å². The molecular formula is C34H27N5O13S3. The maximum Gasteiger partial charge on any atom is 0.295 e. The number of benzene rings is 6. The molecule has 6 aromatic rings. The minimum Gasteiger partial charge on any atom is -0.506 e. The van der Waals surface area contributed by atoms with Gasteiger partial charge in [0.15, 0.2) is 12.5 Å². The monoisotopic (exact) mass is 809 g/mol. The van der Waals surface area contributed by atoms with Gasteiger partial charge in [-0.05, 0) is 71.4 Å². The summed E-state index contributed by atoms with van der Waals surface area (Å²) in [5.74, 6) is 0.134. The molecule has 0 aromatic heterocycles. The Morgan fingerprint density at radius 1 is 0.745 bits per heavy atom. The first kappa shape index (κ1) is 39.1. The molecule has 0 unspecified atom stereocenters. The van der Waals surface area contributed by atoms with Gasteiger partial charge in [-0.3, -0.25) is 4.55 Å². The van der Waals surface area contributed by atoms with E-state index in [4.69, 9.17) is 20.0 Å². The van der Waals surface area contributed by atoms with Crippen LogP contribution in [-0.2, 0) is 28.9 Å². The van der Waals surface area contributed by atoms with Crippen molar-refractivity contribution in [1.29, 1.82) is 0 Å². The second kappa shape index (κ2) is 17.7. The SMILES string of the molecule is COc1cc(N=Nc2c(SOOO)cc3cc(NCOc4ccccc4)ccc3c2O)c(O)cc1N=Nc1ccc2c(S(=O)(=O)O)cc(SOOO)cc2c1. The van der Waals surface area contributed by atoms with Gasteiger partial charge in [0, 0.05) is 33.5 Å². The summed E-state index contributed by atoms with van der Waals surface area (Å²) >= 11 is 1.04. The number of hydrogen-bond donors (Lipinski definition) is 6. The van der Waals surface area contributed by atoms with Crippen LogP contribution < -0.4 is 14.8 Å². The van der Waals surface area contributed by atoms with E-state index >= 15 is 0 Å². The van der Waals surface area contributed by atoms with Crippen LogP contribution in [0.25, 0.3) is 21.5 Å². The fourth-order valence-corrected chi connectivity index (χ4v) is 6.91. The number of azo groups is 2. The van der Waals surface area contributed by atoms with E-state index in [1.165, 1.54) is 43.5 Å². The molecule has 0 saturated heterocycles. The van der Waals surface area contributed by atoms with Crippen LogP contribution in [0, 0.1) is 0 Å². The average Bonchev–Trinajstić information content (AvgIpc) is 3.18. The van der Waals surface area contributed by atoms with E-state index in [2.05, 4.69) is 44.5 Å². The molecule has 0 spiro atoms. The molecule has 0 fully saturated rings. The number of rotatable bonds is 16.